The number of fused-ring (bicyclic) bond motifs is 3. The second-order valence-electron chi connectivity index (χ2n) is 6.09. The molecule has 0 bridgehead atoms. The van der Waals surface area contributed by atoms with Crippen molar-refractivity contribution in [2.24, 2.45) is 5.73 Å². The van der Waals surface area contributed by atoms with Crippen molar-refractivity contribution in [2.45, 2.75) is 19.3 Å². The molecule has 23 heavy (non-hydrogen) atoms. The molecule has 0 saturated carbocycles. The summed E-state index contributed by atoms with van der Waals surface area (Å²) in [6, 6.07) is 8.98. The van der Waals surface area contributed by atoms with Gasteiger partial charge in [0.25, 0.3) is 5.91 Å². The third-order valence-electron chi connectivity index (χ3n) is 4.65. The maximum atomic E-state index is 14.9. The summed E-state index contributed by atoms with van der Waals surface area (Å²) >= 11 is 0. The number of halogens is 1. The molecule has 1 aromatic heterocycles. The van der Waals surface area contributed by atoms with E-state index in [1.807, 2.05) is 24.3 Å². The van der Waals surface area contributed by atoms with Gasteiger partial charge in [0.1, 0.15) is 5.82 Å². The van der Waals surface area contributed by atoms with Crippen LogP contribution < -0.4 is 10.6 Å². The van der Waals surface area contributed by atoms with Crippen LogP contribution in [0.5, 0.6) is 0 Å². The number of rotatable bonds is 2. The lowest BCUT2D eigenvalue weighted by Gasteiger charge is -2.30. The van der Waals surface area contributed by atoms with E-state index in [-0.39, 0.29) is 11.4 Å². The number of nitrogens with zero attached hydrogens (tertiary/aromatic N) is 1. The van der Waals surface area contributed by atoms with Crippen molar-refractivity contribution in [3.63, 3.8) is 0 Å². The summed E-state index contributed by atoms with van der Waals surface area (Å²) in [5.41, 5.74) is 7.76. The second-order valence-corrected chi connectivity index (χ2v) is 6.09. The van der Waals surface area contributed by atoms with Gasteiger partial charge >= 0.3 is 0 Å². The molecule has 0 unspecified atom stereocenters. The summed E-state index contributed by atoms with van der Waals surface area (Å²) in [6.45, 7) is 1.67. The standard InChI is InChI=1S/C18H18FN3O/c19-13-10-12(18(20)23)16-15(11-6-2-3-7-14(11)21-16)17(13)22-8-4-1-5-9-22/h2-3,6-7,10,21H,1,4-5,8-9H2,(H2,20,23). The van der Waals surface area contributed by atoms with Gasteiger partial charge in [-0.2, -0.15) is 0 Å². The summed E-state index contributed by atoms with van der Waals surface area (Å²) in [6.07, 6.45) is 3.29. The Bertz CT molecular complexity index is 909. The molecule has 4 nitrogen and oxygen atoms in total. The topological polar surface area (TPSA) is 62.1 Å². The van der Waals surface area contributed by atoms with Gasteiger partial charge in [-0.3, -0.25) is 4.79 Å². The second kappa shape index (κ2) is 5.26. The van der Waals surface area contributed by atoms with E-state index in [9.17, 15) is 9.18 Å². The monoisotopic (exact) mass is 311 g/mol. The van der Waals surface area contributed by atoms with Crippen molar-refractivity contribution in [2.75, 3.05) is 18.0 Å². The Hall–Kier alpha value is -2.56. The third kappa shape index (κ3) is 2.15. The van der Waals surface area contributed by atoms with Crippen LogP contribution in [0.15, 0.2) is 30.3 Å². The Morgan fingerprint density at radius 3 is 2.65 bits per heavy atom. The smallest absolute Gasteiger partial charge is 0.250 e. The molecule has 0 atom stereocenters. The summed E-state index contributed by atoms with van der Waals surface area (Å²) < 4.78 is 14.9. The maximum absolute atomic E-state index is 14.9. The zero-order chi connectivity index (χ0) is 16.0. The van der Waals surface area contributed by atoms with Gasteiger partial charge < -0.3 is 15.6 Å². The van der Waals surface area contributed by atoms with Gasteiger partial charge in [-0.25, -0.2) is 4.39 Å². The van der Waals surface area contributed by atoms with Gasteiger partial charge in [0.2, 0.25) is 0 Å². The highest BCUT2D eigenvalue weighted by atomic mass is 19.1. The molecule has 0 radical (unpaired) electrons. The lowest BCUT2D eigenvalue weighted by Crippen LogP contribution is -2.30. The number of carbonyl (C=O) groups is 1. The van der Waals surface area contributed by atoms with Crippen molar-refractivity contribution in [1.82, 2.24) is 4.98 Å². The number of amides is 1. The lowest BCUT2D eigenvalue weighted by molar-refractivity contribution is 0.100. The van der Waals surface area contributed by atoms with Crippen LogP contribution >= 0.6 is 0 Å². The molecule has 5 heteroatoms. The van der Waals surface area contributed by atoms with E-state index >= 15 is 0 Å². The number of anilines is 1. The molecule has 3 aromatic rings. The Balaban J connectivity index is 2.10. The average Bonchev–Trinajstić information content (AvgIpc) is 2.94. The third-order valence-corrected chi connectivity index (χ3v) is 4.65. The van der Waals surface area contributed by atoms with E-state index < -0.39 is 5.91 Å². The van der Waals surface area contributed by atoms with Crippen LogP contribution in [-0.4, -0.2) is 24.0 Å². The zero-order valence-electron chi connectivity index (χ0n) is 12.7. The van der Waals surface area contributed by atoms with Crippen LogP contribution in [0.1, 0.15) is 29.6 Å². The Kier molecular flexibility index (Phi) is 3.22. The fraction of sp³-hybridized carbons (Fsp3) is 0.278. The first-order valence-electron chi connectivity index (χ1n) is 7.94. The van der Waals surface area contributed by atoms with Crippen LogP contribution in [0.2, 0.25) is 0 Å². The summed E-state index contributed by atoms with van der Waals surface area (Å²) in [4.78, 5) is 17.1. The first-order valence-corrected chi connectivity index (χ1v) is 7.94. The van der Waals surface area contributed by atoms with Crippen LogP contribution in [0.4, 0.5) is 10.1 Å². The number of aromatic nitrogens is 1. The number of para-hydroxylation sites is 1. The number of primary amides is 1. The summed E-state index contributed by atoms with van der Waals surface area (Å²) in [7, 11) is 0. The Labute approximate surface area is 133 Å². The molecule has 4 rings (SSSR count). The number of benzene rings is 2. The van der Waals surface area contributed by atoms with Gasteiger partial charge in [0.15, 0.2) is 0 Å². The molecule has 1 saturated heterocycles. The van der Waals surface area contributed by atoms with E-state index in [4.69, 9.17) is 5.73 Å². The number of hydrogen-bond donors (Lipinski definition) is 2. The highest BCUT2D eigenvalue weighted by molar-refractivity contribution is 6.19. The minimum Gasteiger partial charge on any atom is -0.369 e. The van der Waals surface area contributed by atoms with Gasteiger partial charge in [-0.1, -0.05) is 18.2 Å². The molecule has 0 aliphatic carbocycles. The van der Waals surface area contributed by atoms with Crippen molar-refractivity contribution in [3.05, 3.63) is 41.7 Å². The maximum Gasteiger partial charge on any atom is 0.250 e. The Morgan fingerprint density at radius 2 is 1.91 bits per heavy atom. The van der Waals surface area contributed by atoms with Gasteiger partial charge in [0.05, 0.1) is 16.8 Å². The van der Waals surface area contributed by atoms with Crippen molar-refractivity contribution in [3.8, 4) is 0 Å². The largest absolute Gasteiger partial charge is 0.369 e. The number of nitrogens with two attached hydrogens (primary N) is 1. The minimum atomic E-state index is -0.620. The molecule has 0 spiro atoms. The van der Waals surface area contributed by atoms with Crippen LogP contribution in [-0.2, 0) is 0 Å². The highest BCUT2D eigenvalue weighted by Crippen LogP contribution is 2.38. The van der Waals surface area contributed by atoms with Crippen molar-refractivity contribution < 1.29 is 9.18 Å². The van der Waals surface area contributed by atoms with Crippen LogP contribution in [0.3, 0.4) is 0 Å². The summed E-state index contributed by atoms with van der Waals surface area (Å²) in [5.74, 6) is -0.997. The summed E-state index contributed by atoms with van der Waals surface area (Å²) in [5, 5.41) is 1.68. The fourth-order valence-electron chi connectivity index (χ4n) is 3.60. The number of nitrogens with one attached hydrogen (secondary N) is 1. The highest BCUT2D eigenvalue weighted by Gasteiger charge is 2.24. The molecule has 1 aliphatic heterocycles. The fourth-order valence-corrected chi connectivity index (χ4v) is 3.60. The van der Waals surface area contributed by atoms with Crippen LogP contribution in [0, 0.1) is 5.82 Å². The van der Waals surface area contributed by atoms with Crippen molar-refractivity contribution in [1.29, 1.82) is 0 Å². The molecule has 118 valence electrons. The number of H-pyrrole nitrogens is 1. The molecule has 3 N–H and O–H groups in total. The van der Waals surface area contributed by atoms with E-state index in [2.05, 4.69) is 9.88 Å². The molecule has 1 fully saturated rings. The van der Waals surface area contributed by atoms with Gasteiger partial charge in [-0.05, 0) is 31.4 Å². The van der Waals surface area contributed by atoms with Crippen molar-refractivity contribution >= 4 is 33.4 Å². The Morgan fingerprint density at radius 1 is 1.17 bits per heavy atom. The predicted molar refractivity (Wildman–Crippen MR) is 90.3 cm³/mol. The molecule has 1 aliphatic rings. The first-order chi connectivity index (χ1) is 11.2. The molecular weight excluding hydrogens is 293 g/mol. The normalized spacial score (nSPS) is 15.4. The number of piperidine rings is 1. The molecular formula is C18H18FN3O. The van der Waals surface area contributed by atoms with E-state index in [0.29, 0.717) is 11.2 Å². The number of carbonyl (C=O) groups excluding carboxylic acids is 1. The number of aromatic amines is 1. The van der Waals surface area contributed by atoms with Crippen LogP contribution in [0.25, 0.3) is 21.8 Å². The SMILES string of the molecule is NC(=O)c1cc(F)c(N2CCCCC2)c2c1[nH]c1ccccc12. The first kappa shape index (κ1) is 14.1. The molecule has 2 heterocycles. The molecule has 2 aromatic carbocycles. The lowest BCUT2D eigenvalue weighted by atomic mass is 10.0. The van der Waals surface area contributed by atoms with Gasteiger partial charge in [0, 0.05) is 29.4 Å². The quantitative estimate of drug-likeness (QED) is 0.760. The zero-order valence-corrected chi connectivity index (χ0v) is 12.7. The number of hydrogen-bond acceptors (Lipinski definition) is 2. The predicted octanol–water partition coefficient (Wildman–Crippen LogP) is 3.55. The average molecular weight is 311 g/mol. The minimum absolute atomic E-state index is 0.203. The van der Waals surface area contributed by atoms with Gasteiger partial charge in [-0.15, -0.1) is 0 Å². The van der Waals surface area contributed by atoms with E-state index in [1.165, 1.54) is 12.5 Å². The van der Waals surface area contributed by atoms with E-state index in [0.717, 1.165) is 42.2 Å². The molecule has 1 amide bonds. The van der Waals surface area contributed by atoms with E-state index in [1.54, 1.807) is 0 Å².